The molecule has 2 rings (SSSR count). The minimum atomic E-state index is -0.0607. The van der Waals surface area contributed by atoms with Crippen LogP contribution in [0.15, 0.2) is 24.3 Å². The zero-order valence-corrected chi connectivity index (χ0v) is 12.1. The molecule has 5 heteroatoms. The maximum atomic E-state index is 11.8. The van der Waals surface area contributed by atoms with Gasteiger partial charge in [-0.3, -0.25) is 4.79 Å². The average molecular weight is 278 g/mol. The van der Waals surface area contributed by atoms with Crippen molar-refractivity contribution in [1.29, 1.82) is 0 Å². The van der Waals surface area contributed by atoms with E-state index in [1.54, 1.807) is 4.90 Å². The fraction of sp³-hybridized carbons (Fsp3) is 0.533. The van der Waals surface area contributed by atoms with Crippen molar-refractivity contribution in [2.45, 2.75) is 20.0 Å². The molecule has 0 aliphatic carbocycles. The SMILES string of the molecule is CCN(CC)C(=O)CNCC1COc2ccccc2O1. The molecular weight excluding hydrogens is 256 g/mol. The number of nitrogens with zero attached hydrogens (tertiary/aromatic N) is 1. The number of fused-ring (bicyclic) bond motifs is 1. The first-order valence-electron chi connectivity index (χ1n) is 7.11. The molecule has 1 heterocycles. The second kappa shape index (κ2) is 7.14. The van der Waals surface area contributed by atoms with Crippen molar-refractivity contribution >= 4 is 5.91 Å². The normalized spacial score (nSPS) is 16.8. The molecule has 0 fully saturated rings. The summed E-state index contributed by atoms with van der Waals surface area (Å²) in [5, 5.41) is 3.14. The summed E-state index contributed by atoms with van der Waals surface area (Å²) in [6.45, 7) is 6.89. The van der Waals surface area contributed by atoms with Crippen molar-refractivity contribution in [1.82, 2.24) is 10.2 Å². The Hall–Kier alpha value is -1.75. The van der Waals surface area contributed by atoms with Crippen molar-refractivity contribution in [3.63, 3.8) is 0 Å². The predicted molar refractivity (Wildman–Crippen MR) is 77.2 cm³/mol. The van der Waals surface area contributed by atoms with E-state index in [4.69, 9.17) is 9.47 Å². The lowest BCUT2D eigenvalue weighted by Gasteiger charge is -2.27. The molecule has 1 aliphatic rings. The van der Waals surface area contributed by atoms with Crippen LogP contribution in [0, 0.1) is 0 Å². The van der Waals surface area contributed by atoms with Crippen LogP contribution < -0.4 is 14.8 Å². The average Bonchev–Trinajstić information content (AvgIpc) is 2.48. The van der Waals surface area contributed by atoms with Crippen molar-refractivity contribution in [2.24, 2.45) is 0 Å². The molecule has 0 saturated heterocycles. The van der Waals surface area contributed by atoms with E-state index in [1.165, 1.54) is 0 Å². The van der Waals surface area contributed by atoms with Gasteiger partial charge in [-0.05, 0) is 26.0 Å². The van der Waals surface area contributed by atoms with E-state index in [0.717, 1.165) is 24.6 Å². The first-order valence-corrected chi connectivity index (χ1v) is 7.11. The molecule has 1 aliphatic heterocycles. The summed E-state index contributed by atoms with van der Waals surface area (Å²) in [6.07, 6.45) is -0.0607. The van der Waals surface area contributed by atoms with Crippen LogP contribution >= 0.6 is 0 Å². The highest BCUT2D eigenvalue weighted by Gasteiger charge is 2.20. The number of hydrogen-bond donors (Lipinski definition) is 1. The van der Waals surface area contributed by atoms with Gasteiger partial charge >= 0.3 is 0 Å². The number of para-hydroxylation sites is 2. The van der Waals surface area contributed by atoms with Crippen molar-refractivity contribution < 1.29 is 14.3 Å². The summed E-state index contributed by atoms with van der Waals surface area (Å²) in [4.78, 5) is 13.6. The van der Waals surface area contributed by atoms with E-state index < -0.39 is 0 Å². The Morgan fingerprint density at radius 3 is 2.70 bits per heavy atom. The van der Waals surface area contributed by atoms with Gasteiger partial charge in [0.2, 0.25) is 5.91 Å². The second-order valence-electron chi connectivity index (χ2n) is 4.69. The Bertz CT molecular complexity index is 446. The van der Waals surface area contributed by atoms with Crippen LogP contribution in [0.1, 0.15) is 13.8 Å². The van der Waals surface area contributed by atoms with E-state index in [9.17, 15) is 4.79 Å². The maximum absolute atomic E-state index is 11.8. The molecule has 110 valence electrons. The minimum absolute atomic E-state index is 0.0607. The van der Waals surface area contributed by atoms with Gasteiger partial charge in [-0.25, -0.2) is 0 Å². The molecule has 0 saturated carbocycles. The van der Waals surface area contributed by atoms with Crippen LogP contribution in [0.4, 0.5) is 0 Å². The Labute approximate surface area is 119 Å². The molecular formula is C15H22N2O3. The lowest BCUT2D eigenvalue weighted by molar-refractivity contribution is -0.129. The number of ether oxygens (including phenoxy) is 2. The quantitative estimate of drug-likeness (QED) is 0.852. The zero-order chi connectivity index (χ0) is 14.4. The number of hydrogen-bond acceptors (Lipinski definition) is 4. The van der Waals surface area contributed by atoms with E-state index >= 15 is 0 Å². The predicted octanol–water partition coefficient (Wildman–Crippen LogP) is 1.28. The molecule has 0 aromatic heterocycles. The van der Waals surface area contributed by atoms with Gasteiger partial charge in [0, 0.05) is 19.6 Å². The Morgan fingerprint density at radius 1 is 1.30 bits per heavy atom. The minimum Gasteiger partial charge on any atom is -0.486 e. The number of benzene rings is 1. The van der Waals surface area contributed by atoms with Gasteiger partial charge in [-0.15, -0.1) is 0 Å². The summed E-state index contributed by atoms with van der Waals surface area (Å²) in [6, 6.07) is 7.62. The van der Waals surface area contributed by atoms with Crippen LogP contribution in [0.25, 0.3) is 0 Å². The largest absolute Gasteiger partial charge is 0.486 e. The number of rotatable bonds is 6. The molecule has 1 atom stereocenters. The topological polar surface area (TPSA) is 50.8 Å². The van der Waals surface area contributed by atoms with Gasteiger partial charge in [-0.2, -0.15) is 0 Å². The lowest BCUT2D eigenvalue weighted by Crippen LogP contribution is -2.43. The third kappa shape index (κ3) is 3.63. The maximum Gasteiger partial charge on any atom is 0.236 e. The molecule has 0 radical (unpaired) electrons. The summed E-state index contributed by atoms with van der Waals surface area (Å²) >= 11 is 0. The summed E-state index contributed by atoms with van der Waals surface area (Å²) in [7, 11) is 0. The first-order chi connectivity index (χ1) is 9.74. The van der Waals surface area contributed by atoms with E-state index in [0.29, 0.717) is 19.7 Å². The van der Waals surface area contributed by atoms with Crippen molar-refractivity contribution in [3.05, 3.63) is 24.3 Å². The number of likely N-dealkylation sites (N-methyl/N-ethyl adjacent to an activating group) is 1. The van der Waals surface area contributed by atoms with Crippen LogP contribution in [0.3, 0.4) is 0 Å². The fourth-order valence-electron chi connectivity index (χ4n) is 2.19. The van der Waals surface area contributed by atoms with Crippen LogP contribution in [-0.2, 0) is 4.79 Å². The summed E-state index contributed by atoms with van der Waals surface area (Å²) < 4.78 is 11.4. The highest BCUT2D eigenvalue weighted by atomic mass is 16.6. The fourth-order valence-corrected chi connectivity index (χ4v) is 2.19. The van der Waals surface area contributed by atoms with Crippen LogP contribution in [-0.4, -0.2) is 49.7 Å². The molecule has 5 nitrogen and oxygen atoms in total. The van der Waals surface area contributed by atoms with Gasteiger partial charge in [0.15, 0.2) is 11.5 Å². The number of amides is 1. The van der Waals surface area contributed by atoms with Crippen molar-refractivity contribution in [3.8, 4) is 11.5 Å². The van der Waals surface area contributed by atoms with Crippen LogP contribution in [0.2, 0.25) is 0 Å². The zero-order valence-electron chi connectivity index (χ0n) is 12.1. The van der Waals surface area contributed by atoms with Crippen LogP contribution in [0.5, 0.6) is 11.5 Å². The number of nitrogens with one attached hydrogen (secondary N) is 1. The number of carbonyl (C=O) groups excluding carboxylic acids is 1. The van der Waals surface area contributed by atoms with Crippen molar-refractivity contribution in [2.75, 3.05) is 32.8 Å². The summed E-state index contributed by atoms with van der Waals surface area (Å²) in [5.74, 6) is 1.66. The smallest absolute Gasteiger partial charge is 0.236 e. The van der Waals surface area contributed by atoms with E-state index in [2.05, 4.69) is 5.32 Å². The molecule has 1 N–H and O–H groups in total. The van der Waals surface area contributed by atoms with Gasteiger partial charge < -0.3 is 19.7 Å². The molecule has 1 aromatic carbocycles. The van der Waals surface area contributed by atoms with Gasteiger partial charge in [0.25, 0.3) is 0 Å². The highest BCUT2D eigenvalue weighted by molar-refractivity contribution is 5.78. The monoisotopic (exact) mass is 278 g/mol. The molecule has 0 spiro atoms. The third-order valence-corrected chi connectivity index (χ3v) is 3.33. The molecule has 0 bridgehead atoms. The second-order valence-corrected chi connectivity index (χ2v) is 4.69. The van der Waals surface area contributed by atoms with Gasteiger partial charge in [-0.1, -0.05) is 12.1 Å². The Kier molecular flexibility index (Phi) is 5.24. The Balaban J connectivity index is 1.75. The highest BCUT2D eigenvalue weighted by Crippen LogP contribution is 2.30. The van der Waals surface area contributed by atoms with Gasteiger partial charge in [0.05, 0.1) is 6.54 Å². The number of carbonyl (C=O) groups is 1. The standard InChI is InChI=1S/C15H22N2O3/c1-3-17(4-2)15(18)10-16-9-12-11-19-13-7-5-6-8-14(13)20-12/h5-8,12,16H,3-4,9-11H2,1-2H3. The first kappa shape index (κ1) is 14.7. The third-order valence-electron chi connectivity index (χ3n) is 3.33. The van der Waals surface area contributed by atoms with E-state index in [-0.39, 0.29) is 12.0 Å². The molecule has 20 heavy (non-hydrogen) atoms. The Morgan fingerprint density at radius 2 is 2.00 bits per heavy atom. The molecule has 1 aromatic rings. The molecule has 1 amide bonds. The molecule has 1 unspecified atom stereocenters. The van der Waals surface area contributed by atoms with E-state index in [1.807, 2.05) is 38.1 Å². The summed E-state index contributed by atoms with van der Waals surface area (Å²) in [5.41, 5.74) is 0. The van der Waals surface area contributed by atoms with Gasteiger partial charge in [0.1, 0.15) is 12.7 Å². The lowest BCUT2D eigenvalue weighted by atomic mass is 10.2.